The molecule has 1 rings (SSSR count). The van der Waals surface area contributed by atoms with E-state index < -0.39 is 21.8 Å². The van der Waals surface area contributed by atoms with Gasteiger partial charge in [0.25, 0.3) is 9.05 Å². The van der Waals surface area contributed by atoms with E-state index in [1.165, 1.54) is 12.1 Å². The normalized spacial score (nSPS) is 12.4. The Kier molecular flexibility index (Phi) is 6.30. The van der Waals surface area contributed by atoms with Crippen LogP contribution in [0.15, 0.2) is 23.1 Å². The van der Waals surface area contributed by atoms with Crippen LogP contribution in [0, 0.1) is 6.92 Å². The zero-order chi connectivity index (χ0) is 16.1. The van der Waals surface area contributed by atoms with Gasteiger partial charge in [0, 0.05) is 17.1 Å². The van der Waals surface area contributed by atoms with Crippen LogP contribution in [0.3, 0.4) is 0 Å². The molecular formula is C12H14ClF3O4S. The maximum Gasteiger partial charge on any atom is 0.411 e. The second-order valence-corrected chi connectivity index (χ2v) is 6.79. The molecule has 0 saturated carbocycles. The van der Waals surface area contributed by atoms with Crippen LogP contribution in [0.4, 0.5) is 13.2 Å². The second-order valence-electron chi connectivity index (χ2n) is 4.26. The van der Waals surface area contributed by atoms with Crippen molar-refractivity contribution in [1.29, 1.82) is 0 Å². The fourth-order valence-corrected chi connectivity index (χ4v) is 2.51. The SMILES string of the molecule is Cc1ccc(OCCCOCC(F)(F)F)c(S(=O)(=O)Cl)c1. The minimum Gasteiger partial charge on any atom is -0.492 e. The van der Waals surface area contributed by atoms with Crippen molar-refractivity contribution in [2.45, 2.75) is 24.4 Å². The van der Waals surface area contributed by atoms with E-state index in [4.69, 9.17) is 15.4 Å². The summed E-state index contributed by atoms with van der Waals surface area (Å²) < 4.78 is 67.8. The Morgan fingerprint density at radius 2 is 1.90 bits per heavy atom. The molecule has 1 aromatic rings. The molecule has 9 heteroatoms. The minimum atomic E-state index is -4.36. The molecule has 0 spiro atoms. The van der Waals surface area contributed by atoms with E-state index in [0.29, 0.717) is 5.56 Å². The second kappa shape index (κ2) is 7.33. The third-order valence-corrected chi connectivity index (χ3v) is 3.66. The lowest BCUT2D eigenvalue weighted by atomic mass is 10.2. The van der Waals surface area contributed by atoms with Crippen molar-refractivity contribution < 1.29 is 31.1 Å². The third kappa shape index (κ3) is 7.01. The zero-order valence-electron chi connectivity index (χ0n) is 11.1. The highest BCUT2D eigenvalue weighted by Gasteiger charge is 2.27. The number of benzene rings is 1. The number of hydrogen-bond donors (Lipinski definition) is 0. The molecule has 0 heterocycles. The maximum atomic E-state index is 11.8. The van der Waals surface area contributed by atoms with Crippen LogP contribution in [0.1, 0.15) is 12.0 Å². The number of hydrogen-bond acceptors (Lipinski definition) is 4. The largest absolute Gasteiger partial charge is 0.492 e. The van der Waals surface area contributed by atoms with Gasteiger partial charge in [0.1, 0.15) is 17.3 Å². The summed E-state index contributed by atoms with van der Waals surface area (Å²) in [4.78, 5) is -0.166. The summed E-state index contributed by atoms with van der Waals surface area (Å²) in [5, 5.41) is 0. The highest BCUT2D eigenvalue weighted by Crippen LogP contribution is 2.28. The summed E-state index contributed by atoms with van der Waals surface area (Å²) in [6.07, 6.45) is -4.18. The van der Waals surface area contributed by atoms with Gasteiger partial charge in [-0.25, -0.2) is 8.42 Å². The minimum absolute atomic E-state index is 0.0142. The van der Waals surface area contributed by atoms with Crippen LogP contribution in [0.2, 0.25) is 0 Å². The van der Waals surface area contributed by atoms with Crippen molar-refractivity contribution >= 4 is 19.7 Å². The van der Waals surface area contributed by atoms with E-state index in [9.17, 15) is 21.6 Å². The van der Waals surface area contributed by atoms with Crippen LogP contribution in [-0.2, 0) is 13.8 Å². The van der Waals surface area contributed by atoms with E-state index in [2.05, 4.69) is 4.74 Å². The molecule has 0 aliphatic carbocycles. The van der Waals surface area contributed by atoms with Crippen LogP contribution < -0.4 is 4.74 Å². The van der Waals surface area contributed by atoms with Gasteiger partial charge in [0.15, 0.2) is 0 Å². The molecule has 21 heavy (non-hydrogen) atoms. The fraction of sp³-hybridized carbons (Fsp3) is 0.500. The standard InChI is InChI=1S/C12H14ClF3O4S/c1-9-3-4-10(11(7-9)21(13,17)18)20-6-2-5-19-8-12(14,15)16/h3-4,7H,2,5-6,8H2,1H3. The van der Waals surface area contributed by atoms with Crippen molar-refractivity contribution in [1.82, 2.24) is 0 Å². The summed E-state index contributed by atoms with van der Waals surface area (Å²) in [6.45, 7) is 0.244. The van der Waals surface area contributed by atoms with Gasteiger partial charge in [-0.05, 0) is 24.6 Å². The first-order chi connectivity index (χ1) is 9.59. The monoisotopic (exact) mass is 346 g/mol. The Bertz CT molecular complexity index is 572. The Morgan fingerprint density at radius 1 is 1.24 bits per heavy atom. The van der Waals surface area contributed by atoms with Crippen molar-refractivity contribution in [3.8, 4) is 5.75 Å². The predicted molar refractivity (Wildman–Crippen MR) is 71.2 cm³/mol. The summed E-state index contributed by atoms with van der Waals surface area (Å²) in [5.41, 5.74) is 0.690. The Morgan fingerprint density at radius 3 is 2.48 bits per heavy atom. The zero-order valence-corrected chi connectivity index (χ0v) is 12.7. The molecule has 0 unspecified atom stereocenters. The van der Waals surface area contributed by atoms with Gasteiger partial charge in [-0.2, -0.15) is 13.2 Å². The lowest BCUT2D eigenvalue weighted by Crippen LogP contribution is -2.18. The smallest absolute Gasteiger partial charge is 0.411 e. The molecule has 0 fully saturated rings. The molecule has 120 valence electrons. The maximum absolute atomic E-state index is 11.8. The van der Waals surface area contributed by atoms with Crippen LogP contribution in [0.25, 0.3) is 0 Å². The van der Waals surface area contributed by atoms with E-state index in [1.807, 2.05) is 0 Å². The molecule has 0 saturated heterocycles. The van der Waals surface area contributed by atoms with Crippen LogP contribution in [-0.4, -0.2) is 34.4 Å². The first-order valence-electron chi connectivity index (χ1n) is 5.92. The quantitative estimate of drug-likeness (QED) is 0.561. The van der Waals surface area contributed by atoms with Crippen molar-refractivity contribution in [3.05, 3.63) is 23.8 Å². The van der Waals surface area contributed by atoms with Crippen molar-refractivity contribution in [2.24, 2.45) is 0 Å². The number of aryl methyl sites for hydroxylation is 1. The highest BCUT2D eigenvalue weighted by molar-refractivity contribution is 8.13. The molecule has 1 aromatic carbocycles. The van der Waals surface area contributed by atoms with E-state index in [1.54, 1.807) is 13.0 Å². The van der Waals surface area contributed by atoms with E-state index in [-0.39, 0.29) is 30.3 Å². The summed E-state index contributed by atoms with van der Waals surface area (Å²) in [7, 11) is 1.34. The highest BCUT2D eigenvalue weighted by atomic mass is 35.7. The molecule has 4 nitrogen and oxygen atoms in total. The van der Waals surface area contributed by atoms with Gasteiger partial charge in [-0.15, -0.1) is 0 Å². The van der Waals surface area contributed by atoms with Gasteiger partial charge in [-0.3, -0.25) is 0 Å². The van der Waals surface area contributed by atoms with Crippen molar-refractivity contribution in [2.75, 3.05) is 19.8 Å². The number of alkyl halides is 3. The molecule has 0 amide bonds. The van der Waals surface area contributed by atoms with Gasteiger partial charge >= 0.3 is 6.18 Å². The van der Waals surface area contributed by atoms with Crippen LogP contribution >= 0.6 is 10.7 Å². The Hall–Kier alpha value is -0.990. The van der Waals surface area contributed by atoms with Crippen molar-refractivity contribution in [3.63, 3.8) is 0 Å². The topological polar surface area (TPSA) is 52.6 Å². The molecule has 0 aliphatic heterocycles. The van der Waals surface area contributed by atoms with Crippen LogP contribution in [0.5, 0.6) is 5.75 Å². The molecule has 0 N–H and O–H groups in total. The number of ether oxygens (including phenoxy) is 2. The first-order valence-corrected chi connectivity index (χ1v) is 8.23. The summed E-state index contributed by atoms with van der Waals surface area (Å²) in [6, 6.07) is 4.44. The molecular weight excluding hydrogens is 333 g/mol. The van der Waals surface area contributed by atoms with E-state index in [0.717, 1.165) is 0 Å². The van der Waals surface area contributed by atoms with E-state index >= 15 is 0 Å². The number of rotatable bonds is 7. The Labute approximate surface area is 125 Å². The van der Waals surface area contributed by atoms with Gasteiger partial charge < -0.3 is 9.47 Å². The van der Waals surface area contributed by atoms with Gasteiger partial charge in [0.2, 0.25) is 0 Å². The molecule has 0 radical (unpaired) electrons. The molecule has 0 aliphatic rings. The average Bonchev–Trinajstić information content (AvgIpc) is 2.32. The van der Waals surface area contributed by atoms with Gasteiger partial charge in [0.05, 0.1) is 13.2 Å². The Balaban J connectivity index is 2.50. The summed E-state index contributed by atoms with van der Waals surface area (Å²) in [5.74, 6) is 0.0615. The molecule has 0 atom stereocenters. The first kappa shape index (κ1) is 18.1. The average molecular weight is 347 g/mol. The lowest BCUT2D eigenvalue weighted by molar-refractivity contribution is -0.174. The third-order valence-electron chi connectivity index (χ3n) is 2.32. The molecule has 0 bridgehead atoms. The predicted octanol–water partition coefficient (Wildman–Crippen LogP) is 3.27. The number of halogens is 4. The molecule has 0 aromatic heterocycles. The fourth-order valence-electron chi connectivity index (χ4n) is 1.46. The van der Waals surface area contributed by atoms with Gasteiger partial charge in [-0.1, -0.05) is 6.07 Å². The lowest BCUT2D eigenvalue weighted by Gasteiger charge is -2.11. The summed E-state index contributed by atoms with van der Waals surface area (Å²) >= 11 is 0.